The summed E-state index contributed by atoms with van der Waals surface area (Å²) in [5.74, 6) is -0.604. The van der Waals surface area contributed by atoms with Crippen LogP contribution in [0.4, 0.5) is 13.2 Å². The summed E-state index contributed by atoms with van der Waals surface area (Å²) in [6, 6.07) is 2.38. The smallest absolute Gasteiger partial charge is 0.394 e. The number of hydrogen-bond acceptors (Lipinski definition) is 4. The summed E-state index contributed by atoms with van der Waals surface area (Å²) in [6.45, 7) is -0.0592. The number of aliphatic hydroxyl groups excluding tert-OH is 1. The first-order valence-corrected chi connectivity index (χ1v) is 8.56. The van der Waals surface area contributed by atoms with Crippen molar-refractivity contribution in [2.45, 2.75) is 31.2 Å². The molecule has 1 saturated heterocycles. The van der Waals surface area contributed by atoms with E-state index in [9.17, 15) is 23.1 Å². The van der Waals surface area contributed by atoms with Crippen LogP contribution in [-0.2, 0) is 20.4 Å². The lowest BCUT2D eigenvalue weighted by Crippen LogP contribution is -2.35. The third kappa shape index (κ3) is 5.95. The van der Waals surface area contributed by atoms with Gasteiger partial charge in [-0.1, -0.05) is 22.0 Å². The summed E-state index contributed by atoms with van der Waals surface area (Å²) in [5.41, 5.74) is -1.12. The second-order valence-electron chi connectivity index (χ2n) is 5.68. The summed E-state index contributed by atoms with van der Waals surface area (Å²) in [6.07, 6.45) is -2.86. The molecule has 2 atom stereocenters. The predicted molar refractivity (Wildman–Crippen MR) is 86.9 cm³/mol. The average Bonchev–Trinajstić information content (AvgIpc) is 3.05. The van der Waals surface area contributed by atoms with Crippen molar-refractivity contribution in [1.82, 2.24) is 5.32 Å². The molecule has 0 bridgehead atoms. The van der Waals surface area contributed by atoms with E-state index < -0.39 is 30.3 Å². The molecule has 5 nitrogen and oxygen atoms in total. The first kappa shape index (κ1) is 20.2. The molecule has 1 aromatic rings. The van der Waals surface area contributed by atoms with E-state index in [2.05, 4.69) is 21.2 Å². The molecule has 0 spiro atoms. The van der Waals surface area contributed by atoms with E-state index in [4.69, 9.17) is 9.47 Å². The van der Waals surface area contributed by atoms with Crippen LogP contribution in [0.2, 0.25) is 0 Å². The zero-order valence-corrected chi connectivity index (χ0v) is 14.9. The van der Waals surface area contributed by atoms with Gasteiger partial charge in [-0.25, -0.2) is 0 Å². The van der Waals surface area contributed by atoms with Gasteiger partial charge in [-0.3, -0.25) is 4.79 Å². The Morgan fingerprint density at radius 3 is 2.84 bits per heavy atom. The summed E-state index contributed by atoms with van der Waals surface area (Å²) < 4.78 is 50.4. The van der Waals surface area contributed by atoms with Crippen LogP contribution in [0.3, 0.4) is 0 Å². The van der Waals surface area contributed by atoms with Gasteiger partial charge in [0.25, 0.3) is 0 Å². The van der Waals surface area contributed by atoms with Crippen molar-refractivity contribution in [3.8, 4) is 0 Å². The Morgan fingerprint density at radius 1 is 1.48 bits per heavy atom. The SMILES string of the molecule is O=C(COC[C@@H]1CCCO1)N[C@@H](CO)c1ccc(Br)cc1C(F)(F)F. The molecule has 1 heterocycles. The second kappa shape index (κ2) is 8.98. The van der Waals surface area contributed by atoms with Crippen molar-refractivity contribution in [3.05, 3.63) is 33.8 Å². The van der Waals surface area contributed by atoms with Crippen molar-refractivity contribution in [2.24, 2.45) is 0 Å². The number of ether oxygens (including phenoxy) is 2. The second-order valence-corrected chi connectivity index (χ2v) is 6.60. The molecule has 1 amide bonds. The van der Waals surface area contributed by atoms with E-state index in [-0.39, 0.29) is 29.4 Å². The highest BCUT2D eigenvalue weighted by Gasteiger charge is 2.35. The zero-order chi connectivity index (χ0) is 18.4. The van der Waals surface area contributed by atoms with Crippen LogP contribution in [0.15, 0.2) is 22.7 Å². The average molecular weight is 426 g/mol. The predicted octanol–water partition coefficient (Wildman–Crippen LogP) is 2.81. The highest BCUT2D eigenvalue weighted by atomic mass is 79.9. The van der Waals surface area contributed by atoms with E-state index in [1.165, 1.54) is 12.1 Å². The minimum atomic E-state index is -4.60. The Kier molecular flexibility index (Phi) is 7.24. The lowest BCUT2D eigenvalue weighted by atomic mass is 10.00. The summed E-state index contributed by atoms with van der Waals surface area (Å²) in [5, 5.41) is 11.8. The lowest BCUT2D eigenvalue weighted by Gasteiger charge is -2.21. The molecule has 25 heavy (non-hydrogen) atoms. The maximum Gasteiger partial charge on any atom is 0.416 e. The van der Waals surface area contributed by atoms with Gasteiger partial charge in [-0.05, 0) is 30.5 Å². The van der Waals surface area contributed by atoms with Gasteiger partial charge >= 0.3 is 6.18 Å². The van der Waals surface area contributed by atoms with E-state index in [0.29, 0.717) is 6.61 Å². The Balaban J connectivity index is 1.98. The Bertz CT molecular complexity index is 591. The summed E-state index contributed by atoms with van der Waals surface area (Å²) in [7, 11) is 0. The molecule has 0 radical (unpaired) electrons. The molecule has 1 aliphatic heterocycles. The van der Waals surface area contributed by atoms with E-state index >= 15 is 0 Å². The normalized spacial score (nSPS) is 19.0. The Labute approximate surface area is 151 Å². The van der Waals surface area contributed by atoms with Gasteiger partial charge in [0.15, 0.2) is 0 Å². The molecule has 0 aliphatic carbocycles. The molecule has 0 unspecified atom stereocenters. The number of amides is 1. The fourth-order valence-corrected chi connectivity index (χ4v) is 2.96. The standard InChI is InChI=1S/C16H19BrF3NO4/c17-10-3-4-12(13(6-10)16(18,19)20)14(7-22)21-15(23)9-24-8-11-2-1-5-25-11/h3-4,6,11,14,22H,1-2,5,7-9H2,(H,21,23)/t11-,14-/m0/s1. The highest BCUT2D eigenvalue weighted by molar-refractivity contribution is 9.10. The first-order chi connectivity index (χ1) is 11.8. The molecule has 2 N–H and O–H groups in total. The van der Waals surface area contributed by atoms with Crippen molar-refractivity contribution in [1.29, 1.82) is 0 Å². The monoisotopic (exact) mass is 425 g/mol. The van der Waals surface area contributed by atoms with Crippen LogP contribution in [-0.4, -0.2) is 43.5 Å². The van der Waals surface area contributed by atoms with E-state index in [1.807, 2.05) is 0 Å². The van der Waals surface area contributed by atoms with Crippen LogP contribution in [0, 0.1) is 0 Å². The minimum Gasteiger partial charge on any atom is -0.394 e. The maximum absolute atomic E-state index is 13.2. The zero-order valence-electron chi connectivity index (χ0n) is 13.3. The third-order valence-corrected chi connectivity index (χ3v) is 4.27. The van der Waals surface area contributed by atoms with E-state index in [1.54, 1.807) is 0 Å². The maximum atomic E-state index is 13.2. The molecular weight excluding hydrogens is 407 g/mol. The molecule has 2 rings (SSSR count). The number of halogens is 4. The van der Waals surface area contributed by atoms with Gasteiger partial charge in [0.1, 0.15) is 6.61 Å². The topological polar surface area (TPSA) is 67.8 Å². The van der Waals surface area contributed by atoms with Gasteiger partial charge in [0, 0.05) is 11.1 Å². The van der Waals surface area contributed by atoms with Crippen molar-refractivity contribution in [2.75, 3.05) is 26.4 Å². The highest BCUT2D eigenvalue weighted by Crippen LogP contribution is 2.36. The molecule has 1 aliphatic rings. The van der Waals surface area contributed by atoms with Crippen LogP contribution in [0.1, 0.15) is 30.0 Å². The molecule has 0 saturated carbocycles. The molecule has 140 valence electrons. The number of carbonyl (C=O) groups is 1. The molecule has 1 aromatic carbocycles. The number of benzene rings is 1. The van der Waals surface area contributed by atoms with Gasteiger partial charge in [0.05, 0.1) is 30.9 Å². The molecule has 9 heteroatoms. The van der Waals surface area contributed by atoms with Crippen molar-refractivity contribution >= 4 is 21.8 Å². The number of nitrogens with one attached hydrogen (secondary N) is 1. The number of rotatable bonds is 7. The largest absolute Gasteiger partial charge is 0.416 e. The number of hydrogen-bond donors (Lipinski definition) is 2. The van der Waals surface area contributed by atoms with Gasteiger partial charge in [0.2, 0.25) is 5.91 Å². The number of carbonyl (C=O) groups excluding carboxylic acids is 1. The minimum absolute atomic E-state index is 0.0512. The molecule has 0 aromatic heterocycles. The van der Waals surface area contributed by atoms with Crippen LogP contribution < -0.4 is 5.32 Å². The number of alkyl halides is 3. The lowest BCUT2D eigenvalue weighted by molar-refractivity contribution is -0.139. The fourth-order valence-electron chi connectivity index (χ4n) is 2.59. The Hall–Kier alpha value is -1.16. The number of aliphatic hydroxyl groups is 1. The summed E-state index contributed by atoms with van der Waals surface area (Å²) >= 11 is 3.00. The third-order valence-electron chi connectivity index (χ3n) is 3.77. The van der Waals surface area contributed by atoms with Gasteiger partial charge in [-0.2, -0.15) is 13.2 Å². The van der Waals surface area contributed by atoms with Crippen LogP contribution in [0.25, 0.3) is 0 Å². The van der Waals surface area contributed by atoms with Crippen molar-refractivity contribution < 1.29 is 32.5 Å². The van der Waals surface area contributed by atoms with E-state index in [0.717, 1.165) is 18.9 Å². The quantitative estimate of drug-likeness (QED) is 0.704. The molecule has 1 fully saturated rings. The van der Waals surface area contributed by atoms with Gasteiger partial charge in [-0.15, -0.1) is 0 Å². The van der Waals surface area contributed by atoms with Crippen molar-refractivity contribution in [3.63, 3.8) is 0 Å². The summed E-state index contributed by atoms with van der Waals surface area (Å²) in [4.78, 5) is 11.9. The fraction of sp³-hybridized carbons (Fsp3) is 0.562. The van der Waals surface area contributed by atoms with Crippen LogP contribution >= 0.6 is 15.9 Å². The molecular formula is C16H19BrF3NO4. The van der Waals surface area contributed by atoms with Crippen LogP contribution in [0.5, 0.6) is 0 Å². The Morgan fingerprint density at radius 2 is 2.24 bits per heavy atom. The first-order valence-electron chi connectivity index (χ1n) is 7.77. The van der Waals surface area contributed by atoms with Gasteiger partial charge < -0.3 is 19.9 Å².